The van der Waals surface area contributed by atoms with Gasteiger partial charge in [0.25, 0.3) is 0 Å². The highest BCUT2D eigenvalue weighted by Gasteiger charge is 2.41. The molecule has 5 nitrogen and oxygen atoms in total. The summed E-state index contributed by atoms with van der Waals surface area (Å²) in [6, 6.07) is 3.53. The molecule has 0 atom stereocenters. The number of ether oxygens (including phenoxy) is 1. The van der Waals surface area contributed by atoms with Crippen molar-refractivity contribution in [3.8, 4) is 5.75 Å². The van der Waals surface area contributed by atoms with Crippen LogP contribution in [0.3, 0.4) is 0 Å². The van der Waals surface area contributed by atoms with E-state index in [0.29, 0.717) is 22.8 Å². The van der Waals surface area contributed by atoms with Crippen molar-refractivity contribution >= 4 is 23.0 Å². The molecule has 1 heterocycles. The molecule has 3 rings (SSSR count). The van der Waals surface area contributed by atoms with E-state index in [1.807, 2.05) is 0 Å². The number of nitrogens with zero attached hydrogens (tertiary/aromatic N) is 3. The normalized spacial score (nSPS) is 19.5. The summed E-state index contributed by atoms with van der Waals surface area (Å²) in [6.45, 7) is 3.42. The lowest BCUT2D eigenvalue weighted by Crippen LogP contribution is -2.24. The Morgan fingerprint density at radius 2 is 1.72 bits per heavy atom. The molecular weight excluding hydrogens is 383 g/mol. The maximum atomic E-state index is 13.8. The fourth-order valence-corrected chi connectivity index (χ4v) is 3.32. The van der Waals surface area contributed by atoms with Crippen molar-refractivity contribution in [1.82, 2.24) is 4.90 Å². The van der Waals surface area contributed by atoms with E-state index >= 15 is 0 Å². The first-order chi connectivity index (χ1) is 13.6. The van der Waals surface area contributed by atoms with E-state index in [4.69, 9.17) is 4.74 Å². The molecule has 29 heavy (non-hydrogen) atoms. The summed E-state index contributed by atoms with van der Waals surface area (Å²) in [5, 5.41) is 0. The average molecular weight is 403 g/mol. The average Bonchev–Trinajstić information content (AvgIpc) is 3.11. The highest BCUT2D eigenvalue weighted by molar-refractivity contribution is 6.45. The topological polar surface area (TPSA) is 54.3 Å². The van der Waals surface area contributed by atoms with Crippen LogP contribution in [0.25, 0.3) is 5.57 Å². The Hall–Kier alpha value is -3.16. The zero-order chi connectivity index (χ0) is 21.5. The molecule has 0 aromatic heterocycles. The zero-order valence-corrected chi connectivity index (χ0v) is 16.7. The van der Waals surface area contributed by atoms with Gasteiger partial charge in [0.1, 0.15) is 17.2 Å². The smallest absolute Gasteiger partial charge is 0.417 e. The third-order valence-corrected chi connectivity index (χ3v) is 4.68. The van der Waals surface area contributed by atoms with Gasteiger partial charge in [-0.25, -0.2) is 9.98 Å². The fourth-order valence-electron chi connectivity index (χ4n) is 3.32. The van der Waals surface area contributed by atoms with Gasteiger partial charge < -0.3 is 9.64 Å². The van der Waals surface area contributed by atoms with Crippen molar-refractivity contribution in [3.63, 3.8) is 0 Å². The van der Waals surface area contributed by atoms with Crippen molar-refractivity contribution in [1.29, 1.82) is 0 Å². The minimum absolute atomic E-state index is 0.0492. The summed E-state index contributed by atoms with van der Waals surface area (Å²) >= 11 is 0. The van der Waals surface area contributed by atoms with Gasteiger partial charge in [-0.2, -0.15) is 13.2 Å². The number of aliphatic imine (C=N–C) groups is 2. The van der Waals surface area contributed by atoms with E-state index in [1.165, 1.54) is 19.2 Å². The molecule has 0 amide bonds. The molecule has 0 saturated heterocycles. The second kappa shape index (κ2) is 7.35. The van der Waals surface area contributed by atoms with Crippen molar-refractivity contribution in [3.05, 3.63) is 58.3 Å². The van der Waals surface area contributed by atoms with Crippen LogP contribution in [0.1, 0.15) is 25.0 Å². The third-order valence-electron chi connectivity index (χ3n) is 4.68. The molecule has 1 aromatic rings. The van der Waals surface area contributed by atoms with Gasteiger partial charge >= 0.3 is 6.18 Å². The van der Waals surface area contributed by atoms with Gasteiger partial charge in [-0.3, -0.25) is 4.79 Å². The maximum Gasteiger partial charge on any atom is 0.417 e. The Labute approximate surface area is 166 Å². The van der Waals surface area contributed by atoms with Crippen LogP contribution in [-0.2, 0) is 11.0 Å². The number of rotatable bonds is 2. The van der Waals surface area contributed by atoms with Gasteiger partial charge in [0.05, 0.1) is 18.2 Å². The maximum absolute atomic E-state index is 13.8. The molecule has 0 bridgehead atoms. The second-order valence-electron chi connectivity index (χ2n) is 6.63. The lowest BCUT2D eigenvalue weighted by atomic mass is 9.80. The number of carbonyl (C=O) groups is 1. The highest BCUT2D eigenvalue weighted by atomic mass is 19.4. The van der Waals surface area contributed by atoms with E-state index in [-0.39, 0.29) is 22.6 Å². The Kier molecular flexibility index (Phi) is 5.21. The van der Waals surface area contributed by atoms with Crippen LogP contribution in [0.5, 0.6) is 5.75 Å². The number of carbonyl (C=O) groups excluding carboxylic acids is 1. The van der Waals surface area contributed by atoms with Gasteiger partial charge in [0.2, 0.25) is 5.96 Å². The van der Waals surface area contributed by atoms with Crippen LogP contribution in [0.15, 0.2) is 57.2 Å². The van der Waals surface area contributed by atoms with E-state index in [1.54, 1.807) is 45.0 Å². The molecule has 1 aliphatic carbocycles. The number of ketones is 1. The summed E-state index contributed by atoms with van der Waals surface area (Å²) in [6.07, 6.45) is -1.38. The highest BCUT2D eigenvalue weighted by Crippen LogP contribution is 2.43. The van der Waals surface area contributed by atoms with E-state index in [0.717, 1.165) is 6.07 Å². The summed E-state index contributed by atoms with van der Waals surface area (Å²) in [7, 11) is 4.74. The monoisotopic (exact) mass is 403 g/mol. The summed E-state index contributed by atoms with van der Waals surface area (Å²) in [5.41, 5.74) is 0.0671. The molecule has 0 unspecified atom stereocenters. The number of fused-ring (bicyclic) bond motifs is 1. The van der Waals surface area contributed by atoms with Gasteiger partial charge in [-0.1, -0.05) is 12.2 Å². The SMILES string of the molecule is C/C=C1/C(=O)C(c2ccc(OC)cc2C(F)(F)F)=C2N=C(N(C)C)N=C2/C1=C/C. The molecule has 8 heteroatoms. The molecule has 1 aromatic carbocycles. The van der Waals surface area contributed by atoms with Crippen molar-refractivity contribution in [2.24, 2.45) is 9.98 Å². The van der Waals surface area contributed by atoms with Crippen LogP contribution in [0.4, 0.5) is 13.2 Å². The first-order valence-electron chi connectivity index (χ1n) is 8.87. The van der Waals surface area contributed by atoms with Gasteiger partial charge in [0.15, 0.2) is 5.78 Å². The minimum atomic E-state index is -4.68. The Bertz CT molecular complexity index is 1040. The molecular formula is C21H20F3N3O2. The van der Waals surface area contributed by atoms with Gasteiger partial charge in [0, 0.05) is 30.8 Å². The Morgan fingerprint density at radius 3 is 2.24 bits per heavy atom. The molecule has 0 fully saturated rings. The fraction of sp³-hybridized carbons (Fsp3) is 0.286. The minimum Gasteiger partial charge on any atom is -0.497 e. The molecule has 0 radical (unpaired) electrons. The first-order valence-corrected chi connectivity index (χ1v) is 8.87. The number of guanidine groups is 1. The predicted molar refractivity (Wildman–Crippen MR) is 106 cm³/mol. The van der Waals surface area contributed by atoms with Crippen molar-refractivity contribution in [2.75, 3.05) is 21.2 Å². The number of hydrogen-bond donors (Lipinski definition) is 0. The molecule has 2 aliphatic rings. The predicted octanol–water partition coefficient (Wildman–Crippen LogP) is 4.27. The molecule has 1 aliphatic heterocycles. The van der Waals surface area contributed by atoms with Crippen molar-refractivity contribution in [2.45, 2.75) is 20.0 Å². The van der Waals surface area contributed by atoms with Crippen LogP contribution >= 0.6 is 0 Å². The number of allylic oxidation sites excluding steroid dienone is 5. The Morgan fingerprint density at radius 1 is 1.07 bits per heavy atom. The standard InChI is InChI=1S/C21H20F3N3O2/c1-6-12-13(7-2)19(28)16(18-17(12)25-20(26-18)27(3)4)14-9-8-11(29-5)10-15(14)21(22,23)24/h6-10H,1-5H3/b12-6+,13-7+. The largest absolute Gasteiger partial charge is 0.497 e. The van der Waals surface area contributed by atoms with Gasteiger partial charge in [-0.15, -0.1) is 0 Å². The molecule has 0 saturated carbocycles. The number of Topliss-reactive ketones (excluding diaryl/α,β-unsaturated/α-hetero) is 1. The Balaban J connectivity index is 2.40. The number of halogens is 3. The van der Waals surface area contributed by atoms with Crippen LogP contribution < -0.4 is 4.74 Å². The third kappa shape index (κ3) is 3.39. The zero-order valence-electron chi connectivity index (χ0n) is 16.7. The first kappa shape index (κ1) is 20.6. The van der Waals surface area contributed by atoms with E-state index in [9.17, 15) is 18.0 Å². The quantitative estimate of drug-likeness (QED) is 0.693. The van der Waals surface area contributed by atoms with Crippen LogP contribution in [0.2, 0.25) is 0 Å². The lowest BCUT2D eigenvalue weighted by Gasteiger charge is -2.23. The molecule has 0 N–H and O–H groups in total. The second-order valence-corrected chi connectivity index (χ2v) is 6.63. The van der Waals surface area contributed by atoms with Crippen LogP contribution in [0, 0.1) is 0 Å². The van der Waals surface area contributed by atoms with Crippen LogP contribution in [-0.4, -0.2) is 43.6 Å². The van der Waals surface area contributed by atoms with E-state index < -0.39 is 17.5 Å². The number of benzene rings is 1. The summed E-state index contributed by atoms with van der Waals surface area (Å²) < 4.78 is 46.4. The lowest BCUT2D eigenvalue weighted by molar-refractivity contribution is -0.137. The number of methoxy groups -OCH3 is 1. The molecule has 152 valence electrons. The number of alkyl halides is 3. The van der Waals surface area contributed by atoms with Crippen molar-refractivity contribution < 1.29 is 22.7 Å². The summed E-state index contributed by atoms with van der Waals surface area (Å²) in [5.74, 6) is -0.152. The molecule has 0 spiro atoms. The number of hydrogen-bond acceptors (Lipinski definition) is 5. The van der Waals surface area contributed by atoms with E-state index in [2.05, 4.69) is 9.98 Å². The van der Waals surface area contributed by atoms with Gasteiger partial charge in [-0.05, 0) is 32.0 Å². The summed E-state index contributed by atoms with van der Waals surface area (Å²) in [4.78, 5) is 23.8.